The molecule has 19 heavy (non-hydrogen) atoms. The summed E-state index contributed by atoms with van der Waals surface area (Å²) in [7, 11) is 0. The second kappa shape index (κ2) is 6.48. The summed E-state index contributed by atoms with van der Waals surface area (Å²) in [5, 5.41) is 3.69. The highest BCUT2D eigenvalue weighted by molar-refractivity contribution is 9.08. The van der Waals surface area contributed by atoms with E-state index >= 15 is 0 Å². The van der Waals surface area contributed by atoms with Crippen LogP contribution in [-0.2, 0) is 11.9 Å². The van der Waals surface area contributed by atoms with Gasteiger partial charge in [-0.3, -0.25) is 4.79 Å². The van der Waals surface area contributed by atoms with Crippen LogP contribution < -0.4 is 5.32 Å². The number of alkyl halides is 1. The minimum Gasteiger partial charge on any atom is -0.347 e. The second-order valence-electron chi connectivity index (χ2n) is 4.30. The van der Waals surface area contributed by atoms with Crippen molar-refractivity contribution >= 4 is 21.8 Å². The van der Waals surface area contributed by atoms with Gasteiger partial charge in [-0.25, -0.2) is 4.98 Å². The van der Waals surface area contributed by atoms with Gasteiger partial charge < -0.3 is 5.32 Å². The van der Waals surface area contributed by atoms with E-state index in [0.717, 1.165) is 16.6 Å². The molecule has 4 heteroatoms. The first-order valence-corrected chi connectivity index (χ1v) is 7.17. The topological polar surface area (TPSA) is 42.0 Å². The van der Waals surface area contributed by atoms with Crippen molar-refractivity contribution in [2.75, 3.05) is 0 Å². The number of carbonyl (C=O) groups excluding carboxylic acids is 1. The number of amides is 1. The molecule has 0 aliphatic rings. The summed E-state index contributed by atoms with van der Waals surface area (Å²) in [5.74, 6) is -0.145. The first-order valence-electron chi connectivity index (χ1n) is 6.04. The predicted octanol–water partition coefficient (Wildman–Crippen LogP) is 3.21. The first-order chi connectivity index (χ1) is 9.19. The number of rotatable bonds is 4. The van der Waals surface area contributed by atoms with Crippen LogP contribution in [0.3, 0.4) is 0 Å². The average molecular weight is 319 g/mol. The molecule has 2 rings (SSSR count). The van der Waals surface area contributed by atoms with Gasteiger partial charge in [0.05, 0.1) is 0 Å². The van der Waals surface area contributed by atoms with E-state index in [4.69, 9.17) is 0 Å². The van der Waals surface area contributed by atoms with Crippen LogP contribution in [0.25, 0.3) is 0 Å². The highest BCUT2D eigenvalue weighted by Crippen LogP contribution is 2.09. The zero-order chi connectivity index (χ0) is 13.7. The summed E-state index contributed by atoms with van der Waals surface area (Å²) in [6, 6.07) is 13.5. The third-order valence-electron chi connectivity index (χ3n) is 2.72. The Hall–Kier alpha value is -1.68. The number of benzene rings is 1. The van der Waals surface area contributed by atoms with Crippen molar-refractivity contribution in [3.05, 3.63) is 65.0 Å². The van der Waals surface area contributed by atoms with Gasteiger partial charge in [-0.05, 0) is 30.2 Å². The smallest absolute Gasteiger partial charge is 0.270 e. The van der Waals surface area contributed by atoms with Crippen molar-refractivity contribution in [1.82, 2.24) is 10.3 Å². The number of aromatic nitrogens is 1. The molecule has 0 saturated heterocycles. The third kappa shape index (κ3) is 3.89. The number of nitrogens with one attached hydrogen (secondary N) is 1. The molecule has 0 radical (unpaired) electrons. The van der Waals surface area contributed by atoms with E-state index in [2.05, 4.69) is 32.3 Å². The molecule has 98 valence electrons. The van der Waals surface area contributed by atoms with Gasteiger partial charge in [0.2, 0.25) is 0 Å². The zero-order valence-electron chi connectivity index (χ0n) is 10.7. The number of nitrogens with zero attached hydrogens (tertiary/aromatic N) is 1. The lowest BCUT2D eigenvalue weighted by Gasteiger charge is -2.06. The maximum absolute atomic E-state index is 11.9. The van der Waals surface area contributed by atoms with Crippen LogP contribution in [0.4, 0.5) is 0 Å². The number of hydrogen-bond donors (Lipinski definition) is 1. The van der Waals surface area contributed by atoms with Gasteiger partial charge in [0.25, 0.3) is 5.91 Å². The fourth-order valence-corrected chi connectivity index (χ4v) is 2.11. The Morgan fingerprint density at radius 3 is 2.68 bits per heavy atom. The van der Waals surface area contributed by atoms with Gasteiger partial charge in [0.15, 0.2) is 0 Å². The molecule has 1 amide bonds. The average Bonchev–Trinajstić information content (AvgIpc) is 2.45. The summed E-state index contributed by atoms with van der Waals surface area (Å²) in [6.45, 7) is 2.38. The van der Waals surface area contributed by atoms with Crippen LogP contribution in [0.15, 0.2) is 42.5 Å². The van der Waals surface area contributed by atoms with E-state index in [-0.39, 0.29) is 5.91 Å². The fraction of sp³-hybridized carbons (Fsp3) is 0.200. The van der Waals surface area contributed by atoms with Crippen LogP contribution in [0.2, 0.25) is 0 Å². The van der Waals surface area contributed by atoms with Gasteiger partial charge in [0, 0.05) is 17.6 Å². The number of carbonyl (C=O) groups is 1. The SMILES string of the molecule is Cc1cccc(C(=O)NCc2cccc(CBr)c2)n1. The molecule has 1 aromatic heterocycles. The molecule has 0 unspecified atom stereocenters. The number of halogens is 1. The van der Waals surface area contributed by atoms with Crippen LogP contribution in [0.5, 0.6) is 0 Å². The van der Waals surface area contributed by atoms with E-state index in [1.165, 1.54) is 5.56 Å². The highest BCUT2D eigenvalue weighted by atomic mass is 79.9. The summed E-state index contributed by atoms with van der Waals surface area (Å²) in [5.41, 5.74) is 3.57. The molecule has 3 nitrogen and oxygen atoms in total. The zero-order valence-corrected chi connectivity index (χ0v) is 12.3. The maximum atomic E-state index is 11.9. The van der Waals surface area contributed by atoms with Gasteiger partial charge in [-0.2, -0.15) is 0 Å². The van der Waals surface area contributed by atoms with Crippen LogP contribution in [-0.4, -0.2) is 10.9 Å². The van der Waals surface area contributed by atoms with Crippen LogP contribution in [0.1, 0.15) is 27.3 Å². The first kappa shape index (κ1) is 13.7. The third-order valence-corrected chi connectivity index (χ3v) is 3.37. The summed E-state index contributed by atoms with van der Waals surface area (Å²) < 4.78 is 0. The Labute approximate surface area is 121 Å². The molecule has 0 aliphatic heterocycles. The van der Waals surface area contributed by atoms with Crippen molar-refractivity contribution in [1.29, 1.82) is 0 Å². The molecule has 0 bridgehead atoms. The van der Waals surface area contributed by atoms with Gasteiger partial charge in [-0.1, -0.05) is 46.3 Å². The quantitative estimate of drug-likeness (QED) is 0.879. The van der Waals surface area contributed by atoms with E-state index in [1.54, 1.807) is 6.07 Å². The van der Waals surface area contributed by atoms with E-state index in [1.807, 2.05) is 37.3 Å². The molecule has 1 N–H and O–H groups in total. The monoisotopic (exact) mass is 318 g/mol. The molecule has 1 heterocycles. The molecular formula is C15H15BrN2O. The largest absolute Gasteiger partial charge is 0.347 e. The van der Waals surface area contributed by atoms with Gasteiger partial charge >= 0.3 is 0 Å². The Bertz CT molecular complexity index is 584. The van der Waals surface area contributed by atoms with E-state index in [9.17, 15) is 4.79 Å². The fourth-order valence-electron chi connectivity index (χ4n) is 1.77. The minimum atomic E-state index is -0.145. The lowest BCUT2D eigenvalue weighted by atomic mass is 10.1. The van der Waals surface area contributed by atoms with Crippen molar-refractivity contribution in [3.8, 4) is 0 Å². The predicted molar refractivity (Wildman–Crippen MR) is 79.2 cm³/mol. The maximum Gasteiger partial charge on any atom is 0.270 e. The van der Waals surface area contributed by atoms with Crippen molar-refractivity contribution < 1.29 is 4.79 Å². The summed E-state index contributed by atoms with van der Waals surface area (Å²) in [4.78, 5) is 16.1. The molecule has 2 aromatic rings. The Morgan fingerprint density at radius 2 is 1.95 bits per heavy atom. The Balaban J connectivity index is 2.00. The lowest BCUT2D eigenvalue weighted by molar-refractivity contribution is 0.0945. The second-order valence-corrected chi connectivity index (χ2v) is 4.86. The highest BCUT2D eigenvalue weighted by Gasteiger charge is 2.06. The van der Waals surface area contributed by atoms with Crippen molar-refractivity contribution in [3.63, 3.8) is 0 Å². The molecule has 0 aliphatic carbocycles. The van der Waals surface area contributed by atoms with Gasteiger partial charge in [-0.15, -0.1) is 0 Å². The summed E-state index contributed by atoms with van der Waals surface area (Å²) in [6.07, 6.45) is 0. The van der Waals surface area contributed by atoms with Crippen molar-refractivity contribution in [2.45, 2.75) is 18.8 Å². The van der Waals surface area contributed by atoms with E-state index in [0.29, 0.717) is 12.2 Å². The molecule has 0 fully saturated rings. The number of aryl methyl sites for hydroxylation is 1. The molecular weight excluding hydrogens is 304 g/mol. The standard InChI is InChI=1S/C15H15BrN2O/c1-11-4-2-7-14(18-11)15(19)17-10-13-6-3-5-12(8-13)9-16/h2-8H,9-10H2,1H3,(H,17,19). The minimum absolute atomic E-state index is 0.145. The normalized spacial score (nSPS) is 10.2. The molecule has 1 aromatic carbocycles. The molecule has 0 saturated carbocycles. The van der Waals surface area contributed by atoms with E-state index < -0.39 is 0 Å². The summed E-state index contributed by atoms with van der Waals surface area (Å²) >= 11 is 3.42. The molecule has 0 spiro atoms. The van der Waals surface area contributed by atoms with Gasteiger partial charge in [0.1, 0.15) is 5.69 Å². The van der Waals surface area contributed by atoms with Crippen LogP contribution >= 0.6 is 15.9 Å². The Morgan fingerprint density at radius 1 is 1.21 bits per heavy atom. The number of hydrogen-bond acceptors (Lipinski definition) is 2. The molecule has 0 atom stereocenters. The number of pyridine rings is 1. The lowest BCUT2D eigenvalue weighted by Crippen LogP contribution is -2.23. The Kier molecular flexibility index (Phi) is 4.68. The van der Waals surface area contributed by atoms with Crippen LogP contribution in [0, 0.1) is 6.92 Å². The van der Waals surface area contributed by atoms with Crippen molar-refractivity contribution in [2.24, 2.45) is 0 Å².